The lowest BCUT2D eigenvalue weighted by atomic mass is 10.1. The van der Waals surface area contributed by atoms with Crippen molar-refractivity contribution in [3.8, 4) is 5.75 Å². The van der Waals surface area contributed by atoms with E-state index in [2.05, 4.69) is 10.3 Å². The van der Waals surface area contributed by atoms with Crippen molar-refractivity contribution in [3.63, 3.8) is 0 Å². The molecule has 1 heterocycles. The van der Waals surface area contributed by atoms with Gasteiger partial charge in [0, 0.05) is 11.5 Å². The number of rotatable bonds is 6. The highest BCUT2D eigenvalue weighted by Crippen LogP contribution is 2.33. The van der Waals surface area contributed by atoms with Gasteiger partial charge < -0.3 is 15.2 Å². The van der Waals surface area contributed by atoms with Crippen LogP contribution in [-0.4, -0.2) is 35.1 Å². The highest BCUT2D eigenvalue weighted by molar-refractivity contribution is 6.00. The number of carbonyl (C=O) groups is 2. The van der Waals surface area contributed by atoms with E-state index in [-0.39, 0.29) is 0 Å². The van der Waals surface area contributed by atoms with Gasteiger partial charge in [0.25, 0.3) is 5.91 Å². The van der Waals surface area contributed by atoms with Gasteiger partial charge in [-0.05, 0) is 37.5 Å². The lowest BCUT2D eigenvalue weighted by molar-refractivity contribution is -0.139. The Hall–Kier alpha value is -2.63. The molecule has 0 saturated heterocycles. The molecule has 6 heteroatoms. The van der Waals surface area contributed by atoms with E-state index in [1.54, 1.807) is 32.2 Å². The van der Waals surface area contributed by atoms with Crippen LogP contribution in [0.1, 0.15) is 35.3 Å². The summed E-state index contributed by atoms with van der Waals surface area (Å²) in [6.07, 6.45) is 2.56. The maximum atomic E-state index is 12.5. The van der Waals surface area contributed by atoms with Gasteiger partial charge in [-0.3, -0.25) is 9.78 Å². The molecule has 1 unspecified atom stereocenters. The average molecular weight is 328 g/mol. The molecule has 3 rings (SSSR count). The van der Waals surface area contributed by atoms with E-state index in [1.807, 2.05) is 6.07 Å². The Morgan fingerprint density at radius 3 is 2.75 bits per heavy atom. The SMILES string of the molecule is COc1ccc2cc(C(=O)NC(CC3CC3)C(=O)O)c(C)nc2c1. The molecule has 1 aromatic heterocycles. The zero-order valence-electron chi connectivity index (χ0n) is 13.7. The van der Waals surface area contributed by atoms with E-state index in [4.69, 9.17) is 4.74 Å². The van der Waals surface area contributed by atoms with E-state index >= 15 is 0 Å². The number of hydrogen-bond acceptors (Lipinski definition) is 4. The Morgan fingerprint density at radius 2 is 2.12 bits per heavy atom. The highest BCUT2D eigenvalue weighted by Gasteiger charge is 2.30. The zero-order valence-corrected chi connectivity index (χ0v) is 13.7. The van der Waals surface area contributed by atoms with Crippen LogP contribution in [0.5, 0.6) is 5.75 Å². The first-order valence-corrected chi connectivity index (χ1v) is 7.97. The summed E-state index contributed by atoms with van der Waals surface area (Å²) >= 11 is 0. The number of nitrogens with zero attached hydrogens (tertiary/aromatic N) is 1. The van der Waals surface area contributed by atoms with Crippen molar-refractivity contribution >= 4 is 22.8 Å². The first-order valence-electron chi connectivity index (χ1n) is 7.97. The van der Waals surface area contributed by atoms with Gasteiger partial charge >= 0.3 is 5.97 Å². The summed E-state index contributed by atoms with van der Waals surface area (Å²) in [5, 5.41) is 12.7. The molecule has 1 saturated carbocycles. The topological polar surface area (TPSA) is 88.5 Å². The Balaban J connectivity index is 1.85. The molecule has 2 aromatic rings. The Kier molecular flexibility index (Phi) is 4.38. The first kappa shape index (κ1) is 16.2. The molecule has 24 heavy (non-hydrogen) atoms. The molecule has 0 radical (unpaired) electrons. The third-order valence-electron chi connectivity index (χ3n) is 4.33. The molecule has 1 atom stereocenters. The number of ether oxygens (including phenoxy) is 1. The normalized spacial score (nSPS) is 15.1. The summed E-state index contributed by atoms with van der Waals surface area (Å²) in [5.41, 5.74) is 1.69. The number of hydrogen-bond donors (Lipinski definition) is 2. The number of carboxylic acids is 1. The van der Waals surface area contributed by atoms with E-state index in [9.17, 15) is 14.7 Å². The van der Waals surface area contributed by atoms with Gasteiger partial charge in [-0.15, -0.1) is 0 Å². The molecule has 0 spiro atoms. The van der Waals surface area contributed by atoms with Crippen molar-refractivity contribution in [3.05, 3.63) is 35.5 Å². The summed E-state index contributed by atoms with van der Waals surface area (Å²) in [7, 11) is 1.59. The molecular formula is C18H20N2O4. The molecule has 2 N–H and O–H groups in total. The summed E-state index contributed by atoms with van der Waals surface area (Å²) in [6, 6.07) is 6.32. The predicted molar refractivity (Wildman–Crippen MR) is 89.3 cm³/mol. The summed E-state index contributed by atoms with van der Waals surface area (Å²) in [5.74, 6) is -0.283. The number of aromatic nitrogens is 1. The molecule has 1 aromatic carbocycles. The molecule has 0 aliphatic heterocycles. The number of carboxylic acid groups (broad SMARTS) is 1. The van der Waals surface area contributed by atoms with Crippen LogP contribution in [0, 0.1) is 12.8 Å². The molecular weight excluding hydrogens is 308 g/mol. The number of pyridine rings is 1. The van der Waals surface area contributed by atoms with Crippen LogP contribution in [0.2, 0.25) is 0 Å². The van der Waals surface area contributed by atoms with Crippen LogP contribution in [0.15, 0.2) is 24.3 Å². The van der Waals surface area contributed by atoms with Crippen molar-refractivity contribution < 1.29 is 19.4 Å². The number of fused-ring (bicyclic) bond motifs is 1. The maximum absolute atomic E-state index is 12.5. The number of benzene rings is 1. The van der Waals surface area contributed by atoms with E-state index in [0.717, 1.165) is 23.7 Å². The zero-order chi connectivity index (χ0) is 17.3. The van der Waals surface area contributed by atoms with Crippen LogP contribution in [0.25, 0.3) is 10.9 Å². The summed E-state index contributed by atoms with van der Waals surface area (Å²) in [4.78, 5) is 28.3. The second-order valence-corrected chi connectivity index (χ2v) is 6.22. The van der Waals surface area contributed by atoms with Gasteiger partial charge in [-0.1, -0.05) is 12.8 Å². The second kappa shape index (κ2) is 6.47. The quantitative estimate of drug-likeness (QED) is 0.850. The number of aryl methyl sites for hydroxylation is 1. The van der Waals surface area contributed by atoms with Crippen molar-refractivity contribution in [1.82, 2.24) is 10.3 Å². The third kappa shape index (κ3) is 3.48. The first-order chi connectivity index (χ1) is 11.5. The van der Waals surface area contributed by atoms with Gasteiger partial charge in [-0.25, -0.2) is 4.79 Å². The molecule has 1 amide bonds. The number of carbonyl (C=O) groups excluding carboxylic acids is 1. The van der Waals surface area contributed by atoms with E-state index < -0.39 is 17.9 Å². The minimum atomic E-state index is -0.994. The monoisotopic (exact) mass is 328 g/mol. The van der Waals surface area contributed by atoms with Crippen molar-refractivity contribution in [2.24, 2.45) is 5.92 Å². The standard InChI is InChI=1S/C18H20N2O4/c1-10-14(8-12-5-6-13(24-2)9-15(12)19-10)17(21)20-16(18(22)23)7-11-3-4-11/h5-6,8-9,11,16H,3-4,7H2,1-2H3,(H,20,21)(H,22,23). The Bertz CT molecular complexity index is 799. The number of methoxy groups -OCH3 is 1. The lowest BCUT2D eigenvalue weighted by Crippen LogP contribution is -2.41. The third-order valence-corrected chi connectivity index (χ3v) is 4.33. The Labute approximate surface area is 139 Å². The highest BCUT2D eigenvalue weighted by atomic mass is 16.5. The minimum Gasteiger partial charge on any atom is -0.497 e. The average Bonchev–Trinajstić information content (AvgIpc) is 3.36. The smallest absolute Gasteiger partial charge is 0.326 e. The van der Waals surface area contributed by atoms with Gasteiger partial charge in [0.15, 0.2) is 0 Å². The molecule has 1 aliphatic carbocycles. The fraction of sp³-hybridized carbons (Fsp3) is 0.389. The van der Waals surface area contributed by atoms with Crippen molar-refractivity contribution in [2.45, 2.75) is 32.2 Å². The van der Waals surface area contributed by atoms with Gasteiger partial charge in [0.05, 0.1) is 23.9 Å². The lowest BCUT2D eigenvalue weighted by Gasteiger charge is -2.15. The fourth-order valence-electron chi connectivity index (χ4n) is 2.74. The van der Waals surface area contributed by atoms with Crippen molar-refractivity contribution in [1.29, 1.82) is 0 Å². The number of amides is 1. The fourth-order valence-corrected chi connectivity index (χ4v) is 2.74. The maximum Gasteiger partial charge on any atom is 0.326 e. The second-order valence-electron chi connectivity index (χ2n) is 6.22. The summed E-state index contributed by atoms with van der Waals surface area (Å²) < 4.78 is 5.18. The molecule has 0 bridgehead atoms. The molecule has 1 aliphatic rings. The predicted octanol–water partition coefficient (Wildman–Crippen LogP) is 2.53. The van der Waals surface area contributed by atoms with Crippen LogP contribution in [0.4, 0.5) is 0 Å². The number of nitrogens with one attached hydrogen (secondary N) is 1. The van der Waals surface area contributed by atoms with Crippen LogP contribution in [-0.2, 0) is 4.79 Å². The summed E-state index contributed by atoms with van der Waals surface area (Å²) in [6.45, 7) is 1.74. The Morgan fingerprint density at radius 1 is 1.38 bits per heavy atom. The molecule has 1 fully saturated rings. The molecule has 6 nitrogen and oxygen atoms in total. The van der Waals surface area contributed by atoms with Crippen molar-refractivity contribution in [2.75, 3.05) is 7.11 Å². The van der Waals surface area contributed by atoms with Gasteiger partial charge in [0.2, 0.25) is 0 Å². The van der Waals surface area contributed by atoms with Gasteiger partial charge in [0.1, 0.15) is 11.8 Å². The minimum absolute atomic E-state index is 0.397. The van der Waals surface area contributed by atoms with E-state index in [0.29, 0.717) is 29.3 Å². The van der Waals surface area contributed by atoms with Crippen LogP contribution < -0.4 is 10.1 Å². The van der Waals surface area contributed by atoms with Gasteiger partial charge in [-0.2, -0.15) is 0 Å². The van der Waals surface area contributed by atoms with E-state index in [1.165, 1.54) is 0 Å². The van der Waals surface area contributed by atoms with Crippen LogP contribution >= 0.6 is 0 Å². The van der Waals surface area contributed by atoms with Crippen LogP contribution in [0.3, 0.4) is 0 Å². The molecule has 126 valence electrons. The number of aliphatic carboxylic acids is 1. The largest absolute Gasteiger partial charge is 0.497 e.